The highest BCUT2D eigenvalue weighted by Crippen LogP contribution is 2.22. The summed E-state index contributed by atoms with van der Waals surface area (Å²) in [7, 11) is 0. The Hall–Kier alpha value is -1.39. The standard InChI is InChI=1S/C14H12BrClN2O/c1-8-3-6-13(9(2)17-8)18-14(19)11-7-10(15)4-5-12(11)16/h3-7H,1-2H3,(H,18,19). The molecule has 1 aromatic heterocycles. The Labute approximate surface area is 125 Å². The SMILES string of the molecule is Cc1ccc(NC(=O)c2cc(Br)ccc2Cl)c(C)n1. The van der Waals surface area contributed by atoms with Gasteiger partial charge >= 0.3 is 0 Å². The molecule has 5 heteroatoms. The number of aromatic nitrogens is 1. The first kappa shape index (κ1) is 14.0. The summed E-state index contributed by atoms with van der Waals surface area (Å²) in [6.07, 6.45) is 0. The fraction of sp³-hybridized carbons (Fsp3) is 0.143. The number of aryl methyl sites for hydroxylation is 2. The van der Waals surface area contributed by atoms with Crippen LogP contribution < -0.4 is 5.32 Å². The molecule has 0 aliphatic carbocycles. The van der Waals surface area contributed by atoms with Gasteiger partial charge in [-0.15, -0.1) is 0 Å². The van der Waals surface area contributed by atoms with Crippen LogP contribution in [0.1, 0.15) is 21.7 Å². The number of pyridine rings is 1. The van der Waals surface area contributed by atoms with Gasteiger partial charge in [0, 0.05) is 10.2 Å². The molecule has 0 saturated heterocycles. The molecule has 1 amide bonds. The van der Waals surface area contributed by atoms with E-state index in [0.29, 0.717) is 16.3 Å². The van der Waals surface area contributed by atoms with Crippen molar-refractivity contribution in [2.45, 2.75) is 13.8 Å². The molecule has 0 atom stereocenters. The van der Waals surface area contributed by atoms with Crippen molar-refractivity contribution in [2.24, 2.45) is 0 Å². The molecule has 0 saturated carbocycles. The first-order chi connectivity index (χ1) is 8.97. The maximum Gasteiger partial charge on any atom is 0.257 e. The van der Waals surface area contributed by atoms with Gasteiger partial charge in [0.05, 0.1) is 22.0 Å². The molecule has 0 spiro atoms. The van der Waals surface area contributed by atoms with Crippen LogP contribution in [0.5, 0.6) is 0 Å². The lowest BCUT2D eigenvalue weighted by Gasteiger charge is -2.09. The van der Waals surface area contributed by atoms with Crippen molar-refractivity contribution in [1.29, 1.82) is 0 Å². The zero-order chi connectivity index (χ0) is 14.0. The van der Waals surface area contributed by atoms with E-state index in [1.807, 2.05) is 26.0 Å². The second-order valence-corrected chi connectivity index (χ2v) is 5.49. The Balaban J connectivity index is 2.28. The Morgan fingerprint density at radius 1 is 1.26 bits per heavy atom. The van der Waals surface area contributed by atoms with Gasteiger partial charge in [-0.05, 0) is 44.2 Å². The van der Waals surface area contributed by atoms with Crippen molar-refractivity contribution in [3.05, 3.63) is 56.8 Å². The zero-order valence-electron chi connectivity index (χ0n) is 10.5. The summed E-state index contributed by atoms with van der Waals surface area (Å²) in [6, 6.07) is 8.85. The predicted octanol–water partition coefficient (Wildman–Crippen LogP) is 4.37. The van der Waals surface area contributed by atoms with E-state index in [9.17, 15) is 4.79 Å². The molecule has 0 fully saturated rings. The van der Waals surface area contributed by atoms with E-state index in [1.165, 1.54) is 0 Å². The van der Waals surface area contributed by atoms with Crippen molar-refractivity contribution in [1.82, 2.24) is 4.98 Å². The molecule has 2 aromatic rings. The molecule has 0 radical (unpaired) electrons. The van der Waals surface area contributed by atoms with Crippen molar-refractivity contribution in [2.75, 3.05) is 5.32 Å². The lowest BCUT2D eigenvalue weighted by atomic mass is 10.2. The predicted molar refractivity (Wildman–Crippen MR) is 80.8 cm³/mol. The summed E-state index contributed by atoms with van der Waals surface area (Å²) in [5.41, 5.74) is 2.80. The van der Waals surface area contributed by atoms with Gasteiger partial charge in [0.2, 0.25) is 0 Å². The highest BCUT2D eigenvalue weighted by Gasteiger charge is 2.12. The van der Waals surface area contributed by atoms with E-state index < -0.39 is 0 Å². The number of carbonyl (C=O) groups excluding carboxylic acids is 1. The highest BCUT2D eigenvalue weighted by molar-refractivity contribution is 9.10. The number of hydrogen-bond donors (Lipinski definition) is 1. The third-order valence-corrected chi connectivity index (χ3v) is 3.47. The molecule has 98 valence electrons. The van der Waals surface area contributed by atoms with E-state index in [1.54, 1.807) is 18.2 Å². The lowest BCUT2D eigenvalue weighted by molar-refractivity contribution is 0.102. The van der Waals surface area contributed by atoms with E-state index in [2.05, 4.69) is 26.2 Å². The number of halogens is 2. The zero-order valence-corrected chi connectivity index (χ0v) is 12.8. The molecule has 1 heterocycles. The molecule has 0 aliphatic heterocycles. The van der Waals surface area contributed by atoms with Gasteiger partial charge in [0.25, 0.3) is 5.91 Å². The molecular formula is C14H12BrClN2O. The first-order valence-electron chi connectivity index (χ1n) is 5.68. The van der Waals surface area contributed by atoms with Gasteiger partial charge < -0.3 is 5.32 Å². The highest BCUT2D eigenvalue weighted by atomic mass is 79.9. The molecule has 1 N–H and O–H groups in total. The van der Waals surface area contributed by atoms with E-state index in [4.69, 9.17) is 11.6 Å². The number of rotatable bonds is 2. The third-order valence-electron chi connectivity index (χ3n) is 2.65. The monoisotopic (exact) mass is 338 g/mol. The second-order valence-electron chi connectivity index (χ2n) is 4.16. The topological polar surface area (TPSA) is 42.0 Å². The Bertz CT molecular complexity index is 643. The van der Waals surface area contributed by atoms with Crippen LogP contribution in [0.25, 0.3) is 0 Å². The van der Waals surface area contributed by atoms with Crippen LogP contribution in [-0.4, -0.2) is 10.9 Å². The normalized spacial score (nSPS) is 10.3. The van der Waals surface area contributed by atoms with Gasteiger partial charge in [-0.1, -0.05) is 27.5 Å². The van der Waals surface area contributed by atoms with Crippen molar-refractivity contribution in [3.63, 3.8) is 0 Å². The van der Waals surface area contributed by atoms with Gasteiger partial charge in [0.1, 0.15) is 0 Å². The maximum atomic E-state index is 12.2. The fourth-order valence-electron chi connectivity index (χ4n) is 1.68. The fourth-order valence-corrected chi connectivity index (χ4v) is 2.24. The number of amides is 1. The molecule has 0 bridgehead atoms. The summed E-state index contributed by atoms with van der Waals surface area (Å²) in [5.74, 6) is -0.250. The van der Waals surface area contributed by atoms with Crippen LogP contribution >= 0.6 is 27.5 Å². The molecule has 1 aromatic carbocycles. The van der Waals surface area contributed by atoms with E-state index in [-0.39, 0.29) is 5.91 Å². The number of benzene rings is 1. The first-order valence-corrected chi connectivity index (χ1v) is 6.85. The quantitative estimate of drug-likeness (QED) is 0.883. The summed E-state index contributed by atoms with van der Waals surface area (Å²) in [4.78, 5) is 16.5. The van der Waals surface area contributed by atoms with Gasteiger partial charge in [-0.3, -0.25) is 9.78 Å². The molecule has 2 rings (SSSR count). The number of hydrogen-bond acceptors (Lipinski definition) is 2. The Kier molecular flexibility index (Phi) is 4.22. The Morgan fingerprint density at radius 2 is 2.00 bits per heavy atom. The van der Waals surface area contributed by atoms with Crippen LogP contribution in [0.4, 0.5) is 5.69 Å². The minimum atomic E-state index is -0.250. The van der Waals surface area contributed by atoms with Crippen LogP contribution in [-0.2, 0) is 0 Å². The maximum absolute atomic E-state index is 12.2. The average molecular weight is 340 g/mol. The number of carbonyl (C=O) groups is 1. The van der Waals surface area contributed by atoms with Crippen molar-refractivity contribution in [3.8, 4) is 0 Å². The molecule has 3 nitrogen and oxygen atoms in total. The van der Waals surface area contributed by atoms with Crippen molar-refractivity contribution < 1.29 is 4.79 Å². The summed E-state index contributed by atoms with van der Waals surface area (Å²) in [6.45, 7) is 3.76. The Morgan fingerprint density at radius 3 is 2.68 bits per heavy atom. The number of anilines is 1. The van der Waals surface area contributed by atoms with E-state index in [0.717, 1.165) is 15.9 Å². The summed E-state index contributed by atoms with van der Waals surface area (Å²) < 4.78 is 0.806. The number of nitrogens with one attached hydrogen (secondary N) is 1. The molecule has 0 unspecified atom stereocenters. The van der Waals surface area contributed by atoms with Crippen LogP contribution in [0, 0.1) is 13.8 Å². The molecular weight excluding hydrogens is 328 g/mol. The smallest absolute Gasteiger partial charge is 0.257 e. The summed E-state index contributed by atoms with van der Waals surface area (Å²) >= 11 is 9.35. The van der Waals surface area contributed by atoms with Crippen LogP contribution in [0.2, 0.25) is 5.02 Å². The number of nitrogens with zero attached hydrogens (tertiary/aromatic N) is 1. The third kappa shape index (κ3) is 3.33. The second kappa shape index (κ2) is 5.72. The lowest BCUT2D eigenvalue weighted by Crippen LogP contribution is -2.14. The molecule has 19 heavy (non-hydrogen) atoms. The average Bonchev–Trinajstić information content (AvgIpc) is 2.35. The minimum absolute atomic E-state index is 0.250. The van der Waals surface area contributed by atoms with Gasteiger partial charge in [0.15, 0.2) is 0 Å². The summed E-state index contributed by atoms with van der Waals surface area (Å²) in [5, 5.41) is 3.23. The minimum Gasteiger partial charge on any atom is -0.320 e. The van der Waals surface area contributed by atoms with Gasteiger partial charge in [-0.2, -0.15) is 0 Å². The van der Waals surface area contributed by atoms with Crippen LogP contribution in [0.3, 0.4) is 0 Å². The van der Waals surface area contributed by atoms with Gasteiger partial charge in [-0.25, -0.2) is 0 Å². The molecule has 0 aliphatic rings. The largest absolute Gasteiger partial charge is 0.320 e. The van der Waals surface area contributed by atoms with Crippen molar-refractivity contribution >= 4 is 39.1 Å². The van der Waals surface area contributed by atoms with E-state index >= 15 is 0 Å². The van der Waals surface area contributed by atoms with Crippen LogP contribution in [0.15, 0.2) is 34.8 Å².